The molecule has 2 amide bonds. The first-order valence-electron chi connectivity index (χ1n) is 10.9. The minimum Gasteiger partial charge on any atom is -0.475 e. The van der Waals surface area contributed by atoms with Crippen LogP contribution in [-0.4, -0.2) is 43.4 Å². The van der Waals surface area contributed by atoms with Gasteiger partial charge in [-0.2, -0.15) is 5.10 Å². The highest BCUT2D eigenvalue weighted by atomic mass is 35.5. The van der Waals surface area contributed by atoms with Crippen molar-refractivity contribution in [3.8, 4) is 5.88 Å². The maximum Gasteiger partial charge on any atom is 0.333 e. The van der Waals surface area contributed by atoms with Gasteiger partial charge in [-0.3, -0.25) is 0 Å². The molecule has 11 heteroatoms. The molecule has 1 aromatic carbocycles. The predicted octanol–water partition coefficient (Wildman–Crippen LogP) is 2.16. The van der Waals surface area contributed by atoms with Gasteiger partial charge in [-0.25, -0.2) is 22.6 Å². The number of sulfonamides is 1. The number of anilines is 1. The number of urea groups is 1. The van der Waals surface area contributed by atoms with E-state index in [-0.39, 0.29) is 29.2 Å². The quantitative estimate of drug-likeness (QED) is 0.603. The third-order valence-corrected chi connectivity index (χ3v) is 7.61. The van der Waals surface area contributed by atoms with Crippen molar-refractivity contribution in [2.24, 2.45) is 0 Å². The maximum atomic E-state index is 12.9. The van der Waals surface area contributed by atoms with Gasteiger partial charge in [0, 0.05) is 5.69 Å². The molecule has 3 N–H and O–H groups in total. The largest absolute Gasteiger partial charge is 0.475 e. The number of likely N-dealkylation sites (N-methyl/N-ethyl adjacent to an activating group) is 1. The van der Waals surface area contributed by atoms with Crippen LogP contribution in [0.25, 0.3) is 0 Å². The molecule has 32 heavy (non-hydrogen) atoms. The van der Waals surface area contributed by atoms with Crippen molar-refractivity contribution in [1.29, 1.82) is 0 Å². The average Bonchev–Trinajstić information content (AvgIpc) is 3.46. The Morgan fingerprint density at radius 2 is 1.88 bits per heavy atom. The van der Waals surface area contributed by atoms with Crippen molar-refractivity contribution in [1.82, 2.24) is 19.8 Å². The van der Waals surface area contributed by atoms with Gasteiger partial charge in [-0.1, -0.05) is 13.0 Å². The number of nitrogens with zero attached hydrogens (tertiary/aromatic N) is 2. The summed E-state index contributed by atoms with van der Waals surface area (Å²) in [5.41, 5.74) is 5.64. The number of fused-ring (bicyclic) bond motifs is 3. The number of carbonyl (C=O) groups excluding carboxylic acids is 1. The van der Waals surface area contributed by atoms with Crippen LogP contribution in [0.4, 0.5) is 10.5 Å². The molecular formula is C21H28ClN5O4S. The first-order chi connectivity index (χ1) is 15.0. The van der Waals surface area contributed by atoms with Crippen LogP contribution in [0.15, 0.2) is 17.2 Å². The van der Waals surface area contributed by atoms with E-state index in [9.17, 15) is 13.2 Å². The van der Waals surface area contributed by atoms with Gasteiger partial charge in [0.2, 0.25) is 5.88 Å². The molecule has 2 aromatic rings. The van der Waals surface area contributed by atoms with E-state index in [2.05, 4.69) is 26.5 Å². The fourth-order valence-electron chi connectivity index (χ4n) is 4.95. The summed E-state index contributed by atoms with van der Waals surface area (Å²) in [6.07, 6.45) is 7.17. The van der Waals surface area contributed by atoms with Gasteiger partial charge in [-0.15, -0.1) is 12.4 Å². The Morgan fingerprint density at radius 3 is 2.53 bits per heavy atom. The molecule has 174 valence electrons. The van der Waals surface area contributed by atoms with Crippen molar-refractivity contribution in [3.63, 3.8) is 0 Å². The molecular weight excluding hydrogens is 454 g/mol. The number of nitrogens with one attached hydrogen (secondary N) is 3. The van der Waals surface area contributed by atoms with E-state index in [1.165, 1.54) is 22.0 Å². The second kappa shape index (κ2) is 8.92. The molecule has 0 fully saturated rings. The van der Waals surface area contributed by atoms with Crippen LogP contribution in [-0.2, 0) is 42.3 Å². The number of ether oxygens (including phenoxy) is 1. The highest BCUT2D eigenvalue weighted by Crippen LogP contribution is 2.38. The zero-order chi connectivity index (χ0) is 21.6. The Kier molecular flexibility index (Phi) is 6.37. The molecule has 3 aliphatic rings. The minimum absolute atomic E-state index is 0. The standard InChI is InChI=1S/C21H27N5O4S.ClH/c1-2-22-15-11-26-20(30-12-15)18(10-23-26)31(28,29)25-21(27)24-19-16-7-3-5-13(16)9-14-6-4-8-17(14)19;/h9-10,15,22H,2-8,11-12H2,1H3,(H2,24,25,27);1H/t15-;/m1./s1. The van der Waals surface area contributed by atoms with Crippen molar-refractivity contribution in [3.05, 3.63) is 34.5 Å². The van der Waals surface area contributed by atoms with Gasteiger partial charge < -0.3 is 15.4 Å². The zero-order valence-electron chi connectivity index (χ0n) is 17.9. The number of hydrogen-bond acceptors (Lipinski definition) is 6. The fourth-order valence-corrected chi connectivity index (χ4v) is 5.94. The molecule has 0 bridgehead atoms. The van der Waals surface area contributed by atoms with Gasteiger partial charge >= 0.3 is 6.03 Å². The Balaban J connectivity index is 0.00000245. The third kappa shape index (κ3) is 4.06. The summed E-state index contributed by atoms with van der Waals surface area (Å²) < 4.78 is 35.2. The first-order valence-corrected chi connectivity index (χ1v) is 12.4. The van der Waals surface area contributed by atoms with Crippen LogP contribution in [0.3, 0.4) is 0 Å². The van der Waals surface area contributed by atoms with E-state index >= 15 is 0 Å². The molecule has 1 atom stereocenters. The Bertz CT molecular complexity index is 1120. The number of halogens is 1. The Morgan fingerprint density at radius 1 is 1.19 bits per heavy atom. The molecule has 0 saturated carbocycles. The van der Waals surface area contributed by atoms with Gasteiger partial charge in [-0.05, 0) is 67.3 Å². The summed E-state index contributed by atoms with van der Waals surface area (Å²) >= 11 is 0. The first kappa shape index (κ1) is 22.9. The van der Waals surface area contributed by atoms with E-state index in [1.807, 2.05) is 6.92 Å². The molecule has 2 heterocycles. The minimum atomic E-state index is -4.13. The normalized spacial score (nSPS) is 18.7. The number of hydrogen-bond donors (Lipinski definition) is 3. The Hall–Kier alpha value is -2.30. The summed E-state index contributed by atoms with van der Waals surface area (Å²) in [5, 5.41) is 10.3. The lowest BCUT2D eigenvalue weighted by Gasteiger charge is -2.25. The van der Waals surface area contributed by atoms with Crippen molar-refractivity contribution < 1.29 is 17.9 Å². The summed E-state index contributed by atoms with van der Waals surface area (Å²) in [4.78, 5) is 12.6. The molecule has 1 aliphatic heterocycles. The summed E-state index contributed by atoms with van der Waals surface area (Å²) in [6.45, 7) is 3.63. The third-order valence-electron chi connectivity index (χ3n) is 6.30. The van der Waals surface area contributed by atoms with E-state index < -0.39 is 16.1 Å². The monoisotopic (exact) mass is 481 g/mol. The molecule has 5 rings (SSSR count). The molecule has 0 radical (unpaired) electrons. The van der Waals surface area contributed by atoms with Crippen LogP contribution in [0.1, 0.15) is 42.0 Å². The lowest BCUT2D eigenvalue weighted by Crippen LogP contribution is -2.42. The van der Waals surface area contributed by atoms with Crippen LogP contribution < -0.4 is 20.1 Å². The highest BCUT2D eigenvalue weighted by molar-refractivity contribution is 7.90. The van der Waals surface area contributed by atoms with Gasteiger partial charge in [0.25, 0.3) is 10.0 Å². The van der Waals surface area contributed by atoms with Gasteiger partial charge in [0.15, 0.2) is 4.90 Å². The number of aryl methyl sites for hydroxylation is 2. The molecule has 2 aliphatic carbocycles. The van der Waals surface area contributed by atoms with Gasteiger partial charge in [0.1, 0.15) is 6.61 Å². The maximum absolute atomic E-state index is 12.9. The number of benzene rings is 1. The average molecular weight is 482 g/mol. The van der Waals surface area contributed by atoms with E-state index in [1.54, 1.807) is 0 Å². The van der Waals surface area contributed by atoms with Crippen LogP contribution in [0, 0.1) is 0 Å². The second-order valence-corrected chi connectivity index (χ2v) is 10.0. The van der Waals surface area contributed by atoms with Crippen molar-refractivity contribution in [2.45, 2.75) is 62.9 Å². The predicted molar refractivity (Wildman–Crippen MR) is 122 cm³/mol. The van der Waals surface area contributed by atoms with E-state index in [4.69, 9.17) is 4.74 Å². The SMILES string of the molecule is CCN[C@H]1COc2c(S(=O)(=O)NC(=O)Nc3c4c(cc5c3CCC5)CCC4)cnn2C1.Cl. The van der Waals surface area contributed by atoms with Crippen LogP contribution >= 0.6 is 12.4 Å². The summed E-state index contributed by atoms with van der Waals surface area (Å²) in [7, 11) is -4.13. The Labute approximate surface area is 193 Å². The molecule has 0 unspecified atom stereocenters. The van der Waals surface area contributed by atoms with E-state index in [0.29, 0.717) is 13.2 Å². The number of rotatable bonds is 5. The van der Waals surface area contributed by atoms with Gasteiger partial charge in [0.05, 0.1) is 18.8 Å². The smallest absolute Gasteiger partial charge is 0.333 e. The van der Waals surface area contributed by atoms with Crippen molar-refractivity contribution in [2.75, 3.05) is 18.5 Å². The molecule has 0 spiro atoms. The topological polar surface area (TPSA) is 114 Å². The van der Waals surface area contributed by atoms with E-state index in [0.717, 1.165) is 61.9 Å². The van der Waals surface area contributed by atoms with Crippen LogP contribution in [0.5, 0.6) is 5.88 Å². The van der Waals surface area contributed by atoms with Crippen LogP contribution in [0.2, 0.25) is 0 Å². The fraction of sp³-hybridized carbons (Fsp3) is 0.524. The number of amides is 2. The molecule has 9 nitrogen and oxygen atoms in total. The van der Waals surface area contributed by atoms with Crippen molar-refractivity contribution >= 4 is 34.1 Å². The lowest BCUT2D eigenvalue weighted by atomic mass is 9.99. The highest BCUT2D eigenvalue weighted by Gasteiger charge is 2.31. The summed E-state index contributed by atoms with van der Waals surface area (Å²) in [5.74, 6) is 0.163. The molecule has 1 aromatic heterocycles. The summed E-state index contributed by atoms with van der Waals surface area (Å²) in [6, 6.07) is 1.57. The molecule has 0 saturated heterocycles. The zero-order valence-corrected chi connectivity index (χ0v) is 19.6. The lowest BCUT2D eigenvalue weighted by molar-refractivity contribution is 0.180. The number of carbonyl (C=O) groups is 1. The number of aromatic nitrogens is 2. The second-order valence-electron chi connectivity index (χ2n) is 8.36.